The third-order valence-electron chi connectivity index (χ3n) is 4.47. The van der Waals surface area contributed by atoms with E-state index in [0.717, 1.165) is 18.2 Å². The fourth-order valence-electron chi connectivity index (χ4n) is 3.29. The number of ether oxygens (including phenoxy) is 1. The summed E-state index contributed by atoms with van der Waals surface area (Å²) >= 11 is 0. The maximum absolute atomic E-state index is 13.1. The number of amides is 1. The van der Waals surface area contributed by atoms with Crippen LogP contribution < -0.4 is 10.3 Å². The molecule has 2 aromatic heterocycles. The van der Waals surface area contributed by atoms with Crippen molar-refractivity contribution in [2.45, 2.75) is 18.9 Å². The van der Waals surface area contributed by atoms with Crippen LogP contribution in [-0.2, 0) is 0 Å². The summed E-state index contributed by atoms with van der Waals surface area (Å²) in [6.07, 6.45) is 6.25. The van der Waals surface area contributed by atoms with E-state index < -0.39 is 0 Å². The van der Waals surface area contributed by atoms with E-state index in [0.29, 0.717) is 30.0 Å². The van der Waals surface area contributed by atoms with E-state index in [-0.39, 0.29) is 17.6 Å². The first-order valence-electron chi connectivity index (χ1n) is 8.55. The summed E-state index contributed by atoms with van der Waals surface area (Å²) in [5.74, 6) is 0.299. The van der Waals surface area contributed by atoms with Gasteiger partial charge in [-0.1, -0.05) is 18.2 Å². The zero-order valence-electron chi connectivity index (χ0n) is 14.1. The molecule has 7 heteroatoms. The van der Waals surface area contributed by atoms with Crippen LogP contribution in [0.3, 0.4) is 0 Å². The molecule has 132 valence electrons. The van der Waals surface area contributed by atoms with Crippen molar-refractivity contribution in [2.75, 3.05) is 13.1 Å². The van der Waals surface area contributed by atoms with Gasteiger partial charge in [0.15, 0.2) is 0 Å². The average Bonchev–Trinajstić information content (AvgIpc) is 2.68. The predicted octanol–water partition coefficient (Wildman–Crippen LogP) is 2.00. The van der Waals surface area contributed by atoms with E-state index in [4.69, 9.17) is 4.74 Å². The van der Waals surface area contributed by atoms with Crippen LogP contribution in [0.15, 0.2) is 53.7 Å². The molecule has 0 bridgehead atoms. The number of carbonyl (C=O) groups is 1. The second-order valence-corrected chi connectivity index (χ2v) is 6.27. The van der Waals surface area contributed by atoms with Gasteiger partial charge in [-0.15, -0.1) is 0 Å². The van der Waals surface area contributed by atoms with Crippen molar-refractivity contribution >= 4 is 16.8 Å². The largest absolute Gasteiger partial charge is 0.471 e. The van der Waals surface area contributed by atoms with Crippen LogP contribution in [0.1, 0.15) is 23.2 Å². The number of hydrogen-bond acceptors (Lipinski definition) is 5. The first kappa shape index (κ1) is 16.3. The average molecular weight is 350 g/mol. The summed E-state index contributed by atoms with van der Waals surface area (Å²) in [7, 11) is 0. The molecule has 1 aromatic carbocycles. The lowest BCUT2D eigenvalue weighted by Gasteiger charge is -2.32. The second-order valence-electron chi connectivity index (χ2n) is 6.27. The maximum Gasteiger partial charge on any atom is 0.254 e. The third-order valence-corrected chi connectivity index (χ3v) is 4.47. The number of nitrogens with zero attached hydrogens (tertiary/aromatic N) is 3. The lowest BCUT2D eigenvalue weighted by atomic mass is 10.0. The molecule has 0 saturated carbocycles. The third kappa shape index (κ3) is 3.28. The molecule has 1 aliphatic rings. The van der Waals surface area contributed by atoms with Crippen molar-refractivity contribution in [3.63, 3.8) is 0 Å². The molecule has 26 heavy (non-hydrogen) atoms. The monoisotopic (exact) mass is 350 g/mol. The van der Waals surface area contributed by atoms with Gasteiger partial charge in [0.05, 0.1) is 18.3 Å². The summed E-state index contributed by atoms with van der Waals surface area (Å²) in [4.78, 5) is 37.6. The normalized spacial score (nSPS) is 17.2. The molecular formula is C19H18N4O3. The standard InChI is InChI=1S/C19H18N4O3/c24-17-10-15(14-5-1-2-6-16(14)22-17)19(25)23-9-3-4-13(12-23)26-18-11-20-7-8-21-18/h1-2,5-8,10-11,13H,3-4,9,12H2,(H,22,24)/t13-/m1/s1. The quantitative estimate of drug-likeness (QED) is 0.780. The number of para-hydroxylation sites is 1. The topological polar surface area (TPSA) is 88.2 Å². The highest BCUT2D eigenvalue weighted by Gasteiger charge is 2.27. The Bertz CT molecular complexity index is 987. The second kappa shape index (κ2) is 6.95. The Kier molecular flexibility index (Phi) is 4.35. The van der Waals surface area contributed by atoms with Gasteiger partial charge in [0.25, 0.3) is 5.91 Å². The minimum absolute atomic E-state index is 0.141. The number of rotatable bonds is 3. The fourth-order valence-corrected chi connectivity index (χ4v) is 3.29. The molecule has 0 unspecified atom stereocenters. The van der Waals surface area contributed by atoms with Gasteiger partial charge in [-0.3, -0.25) is 14.6 Å². The van der Waals surface area contributed by atoms with Crippen LogP contribution >= 0.6 is 0 Å². The highest BCUT2D eigenvalue weighted by Crippen LogP contribution is 2.21. The molecule has 1 atom stereocenters. The zero-order chi connectivity index (χ0) is 17.9. The van der Waals surface area contributed by atoms with Crippen molar-refractivity contribution in [1.82, 2.24) is 19.9 Å². The molecule has 1 N–H and O–H groups in total. The van der Waals surface area contributed by atoms with Crippen molar-refractivity contribution in [1.29, 1.82) is 0 Å². The number of hydrogen-bond donors (Lipinski definition) is 1. The van der Waals surface area contributed by atoms with Gasteiger partial charge >= 0.3 is 0 Å². The Morgan fingerprint density at radius 2 is 2.15 bits per heavy atom. The minimum Gasteiger partial charge on any atom is -0.471 e. The Balaban J connectivity index is 1.57. The molecule has 7 nitrogen and oxygen atoms in total. The van der Waals surface area contributed by atoms with Crippen LogP contribution in [0.2, 0.25) is 0 Å². The number of fused-ring (bicyclic) bond motifs is 1. The van der Waals surface area contributed by atoms with Crippen LogP contribution in [-0.4, -0.2) is 45.0 Å². The molecule has 3 heterocycles. The number of benzene rings is 1. The van der Waals surface area contributed by atoms with Gasteiger partial charge in [-0.05, 0) is 18.9 Å². The molecule has 1 amide bonds. The maximum atomic E-state index is 13.1. The molecule has 0 aliphatic carbocycles. The number of carbonyl (C=O) groups excluding carboxylic acids is 1. The summed E-state index contributed by atoms with van der Waals surface area (Å²) in [5.41, 5.74) is 0.800. The molecule has 0 radical (unpaired) electrons. The number of H-pyrrole nitrogens is 1. The summed E-state index contributed by atoms with van der Waals surface area (Å²) in [6, 6.07) is 8.70. The Hall–Kier alpha value is -3.22. The van der Waals surface area contributed by atoms with Crippen LogP contribution in [0, 0.1) is 0 Å². The van der Waals surface area contributed by atoms with E-state index in [2.05, 4.69) is 15.0 Å². The van der Waals surface area contributed by atoms with Gasteiger partial charge in [-0.25, -0.2) is 4.98 Å². The molecule has 3 aromatic rings. The fraction of sp³-hybridized carbons (Fsp3) is 0.263. The number of aromatic amines is 1. The molecule has 1 saturated heterocycles. The Morgan fingerprint density at radius 3 is 3.00 bits per heavy atom. The zero-order valence-corrected chi connectivity index (χ0v) is 14.1. The van der Waals surface area contributed by atoms with E-state index in [1.807, 2.05) is 18.2 Å². The van der Waals surface area contributed by atoms with Crippen LogP contribution in [0.25, 0.3) is 10.9 Å². The molecule has 4 rings (SSSR count). The van der Waals surface area contributed by atoms with E-state index >= 15 is 0 Å². The smallest absolute Gasteiger partial charge is 0.254 e. The first-order chi connectivity index (χ1) is 12.7. The minimum atomic E-state index is -0.281. The summed E-state index contributed by atoms with van der Waals surface area (Å²) in [6.45, 7) is 1.09. The highest BCUT2D eigenvalue weighted by molar-refractivity contribution is 6.05. The number of aromatic nitrogens is 3. The first-order valence-corrected chi connectivity index (χ1v) is 8.55. The van der Waals surface area contributed by atoms with E-state index in [1.54, 1.807) is 29.6 Å². The molecule has 1 fully saturated rings. The predicted molar refractivity (Wildman–Crippen MR) is 96.2 cm³/mol. The van der Waals surface area contributed by atoms with Crippen molar-refractivity contribution in [3.8, 4) is 5.88 Å². The summed E-state index contributed by atoms with van der Waals surface area (Å²) < 4.78 is 5.85. The van der Waals surface area contributed by atoms with Gasteiger partial charge in [-0.2, -0.15) is 0 Å². The van der Waals surface area contributed by atoms with Gasteiger partial charge in [0.1, 0.15) is 6.10 Å². The number of likely N-dealkylation sites (tertiary alicyclic amines) is 1. The Morgan fingerprint density at radius 1 is 1.27 bits per heavy atom. The van der Waals surface area contributed by atoms with E-state index in [1.165, 1.54) is 6.07 Å². The van der Waals surface area contributed by atoms with Crippen molar-refractivity contribution in [2.24, 2.45) is 0 Å². The highest BCUT2D eigenvalue weighted by atomic mass is 16.5. The van der Waals surface area contributed by atoms with Gasteiger partial charge < -0.3 is 14.6 Å². The van der Waals surface area contributed by atoms with E-state index in [9.17, 15) is 9.59 Å². The lowest BCUT2D eigenvalue weighted by Crippen LogP contribution is -2.44. The van der Waals surface area contributed by atoms with Gasteiger partial charge in [0, 0.05) is 35.9 Å². The number of pyridine rings is 1. The van der Waals surface area contributed by atoms with Crippen molar-refractivity contribution in [3.05, 3.63) is 64.8 Å². The Labute approximate surface area is 149 Å². The van der Waals surface area contributed by atoms with Crippen molar-refractivity contribution < 1.29 is 9.53 Å². The van der Waals surface area contributed by atoms with Crippen LogP contribution in [0.4, 0.5) is 0 Å². The van der Waals surface area contributed by atoms with Crippen LogP contribution in [0.5, 0.6) is 5.88 Å². The number of piperidine rings is 1. The SMILES string of the molecule is O=C(c1cc(=O)[nH]c2ccccc12)N1CCC[C@@H](Oc2cnccn2)C1. The lowest BCUT2D eigenvalue weighted by molar-refractivity contribution is 0.0528. The molecular weight excluding hydrogens is 332 g/mol. The number of nitrogens with one attached hydrogen (secondary N) is 1. The molecule has 1 aliphatic heterocycles. The van der Waals surface area contributed by atoms with Gasteiger partial charge in [0.2, 0.25) is 11.4 Å². The summed E-state index contributed by atoms with van der Waals surface area (Å²) in [5, 5.41) is 0.745. The molecule has 0 spiro atoms.